The summed E-state index contributed by atoms with van der Waals surface area (Å²) in [5.74, 6) is 0.104. The molecule has 5 rings (SSSR count). The summed E-state index contributed by atoms with van der Waals surface area (Å²) >= 11 is 2.79. The number of nitrogens with two attached hydrogens (primary N) is 1. The first-order valence-corrected chi connectivity index (χ1v) is 12.8. The summed E-state index contributed by atoms with van der Waals surface area (Å²) in [5.41, 5.74) is 9.06. The fraction of sp³-hybridized carbons (Fsp3) is 0.571. The number of hydrogen-bond donors (Lipinski definition) is 3. The number of aryl methyl sites for hydroxylation is 2. The van der Waals surface area contributed by atoms with Crippen molar-refractivity contribution in [1.82, 2.24) is 25.7 Å². The maximum absolute atomic E-state index is 12.9. The van der Waals surface area contributed by atoms with Crippen LogP contribution in [0.15, 0.2) is 5.16 Å². The lowest BCUT2D eigenvalue weighted by atomic mass is 9.77. The van der Waals surface area contributed by atoms with Crippen LogP contribution in [0.25, 0.3) is 10.2 Å². The number of urea groups is 1. The highest BCUT2D eigenvalue weighted by Gasteiger charge is 2.52. The second-order valence-corrected chi connectivity index (χ2v) is 11.0. The summed E-state index contributed by atoms with van der Waals surface area (Å²) in [7, 11) is 0. The Morgan fingerprint density at radius 3 is 2.81 bits per heavy atom. The largest absolute Gasteiger partial charge is 0.383 e. The van der Waals surface area contributed by atoms with Gasteiger partial charge in [-0.15, -0.1) is 11.3 Å². The molecule has 4 N–H and O–H groups in total. The number of carbonyl (C=O) groups excluding carboxylic acids is 3. The van der Waals surface area contributed by atoms with E-state index in [2.05, 4.69) is 27.6 Å². The van der Waals surface area contributed by atoms with E-state index in [1.54, 1.807) is 11.3 Å². The van der Waals surface area contributed by atoms with Gasteiger partial charge >= 0.3 is 6.03 Å². The molecule has 1 aliphatic heterocycles. The van der Waals surface area contributed by atoms with Gasteiger partial charge in [-0.1, -0.05) is 18.7 Å². The summed E-state index contributed by atoms with van der Waals surface area (Å²) in [6, 6.07) is -0.575. The number of aromatic nitrogens is 2. The van der Waals surface area contributed by atoms with Crippen molar-refractivity contribution in [1.29, 1.82) is 0 Å². The molecule has 0 bridgehead atoms. The van der Waals surface area contributed by atoms with Crippen LogP contribution in [0, 0.1) is 5.92 Å². The summed E-state index contributed by atoms with van der Waals surface area (Å²) in [4.78, 5) is 48.9. The summed E-state index contributed by atoms with van der Waals surface area (Å²) < 4.78 is 0. The van der Waals surface area contributed by atoms with E-state index < -0.39 is 17.5 Å². The van der Waals surface area contributed by atoms with Gasteiger partial charge in [0.25, 0.3) is 5.91 Å². The highest BCUT2D eigenvalue weighted by molar-refractivity contribution is 7.99. The monoisotopic (exact) mass is 474 g/mol. The predicted octanol–water partition coefficient (Wildman–Crippen LogP) is 2.78. The van der Waals surface area contributed by atoms with Crippen molar-refractivity contribution in [3.63, 3.8) is 0 Å². The fourth-order valence-electron chi connectivity index (χ4n) is 4.83. The number of hydrogen-bond acceptors (Lipinski definition) is 8. The molecule has 0 aromatic carbocycles. The van der Waals surface area contributed by atoms with Crippen LogP contribution >= 0.6 is 23.1 Å². The molecular formula is C21H26N6O3S2. The Morgan fingerprint density at radius 1 is 1.28 bits per heavy atom. The van der Waals surface area contributed by atoms with Crippen LogP contribution in [-0.2, 0) is 22.4 Å². The van der Waals surface area contributed by atoms with Crippen molar-refractivity contribution in [2.24, 2.45) is 5.92 Å². The Balaban J connectivity index is 1.24. The van der Waals surface area contributed by atoms with E-state index in [4.69, 9.17) is 5.73 Å². The van der Waals surface area contributed by atoms with Crippen LogP contribution < -0.4 is 16.5 Å². The summed E-state index contributed by atoms with van der Waals surface area (Å²) in [6.45, 7) is 2.14. The maximum Gasteiger partial charge on any atom is 0.344 e. The molecule has 4 amide bonds. The molecule has 11 heteroatoms. The van der Waals surface area contributed by atoms with E-state index in [0.717, 1.165) is 59.1 Å². The van der Waals surface area contributed by atoms with Gasteiger partial charge < -0.3 is 11.1 Å². The third kappa shape index (κ3) is 3.71. The zero-order valence-electron chi connectivity index (χ0n) is 17.9. The molecule has 3 aliphatic rings. The molecule has 0 atom stereocenters. The quantitative estimate of drug-likeness (QED) is 0.353. The van der Waals surface area contributed by atoms with E-state index >= 15 is 0 Å². The molecule has 170 valence electrons. The molecule has 2 fully saturated rings. The fourth-order valence-corrected chi connectivity index (χ4v) is 6.80. The van der Waals surface area contributed by atoms with Crippen LogP contribution in [0.3, 0.4) is 0 Å². The molecule has 3 heterocycles. The zero-order chi connectivity index (χ0) is 22.5. The topological polar surface area (TPSA) is 130 Å². The number of anilines is 1. The van der Waals surface area contributed by atoms with E-state index in [1.807, 2.05) is 0 Å². The maximum atomic E-state index is 12.9. The van der Waals surface area contributed by atoms with Crippen LogP contribution in [0.4, 0.5) is 10.6 Å². The number of imide groups is 1. The molecule has 2 aliphatic carbocycles. The Morgan fingerprint density at radius 2 is 2.03 bits per heavy atom. The van der Waals surface area contributed by atoms with Crippen molar-refractivity contribution in [3.05, 3.63) is 10.4 Å². The number of rotatable bonds is 4. The Labute approximate surface area is 193 Å². The Kier molecular flexibility index (Phi) is 5.48. The van der Waals surface area contributed by atoms with E-state index in [0.29, 0.717) is 29.7 Å². The summed E-state index contributed by atoms with van der Waals surface area (Å²) in [6.07, 6.45) is 7.32. The van der Waals surface area contributed by atoms with Crippen molar-refractivity contribution < 1.29 is 14.4 Å². The Bertz CT molecular complexity index is 1110. The second-order valence-electron chi connectivity index (χ2n) is 8.94. The average molecular weight is 475 g/mol. The molecule has 2 aromatic heterocycles. The standard InChI is InChI=1S/C21H26N6O3S2/c1-11-6-8-21(9-7-11)18(29)27(20(30)25-21)26-14(28)10-31-19-23-16(22)15-12-4-2-3-5-13(12)32-17(15)24-19/h11H,2-10H2,1H3,(H,25,30)(H,26,28)(H2,22,23,24). The minimum atomic E-state index is -0.884. The minimum Gasteiger partial charge on any atom is -0.383 e. The first kappa shape index (κ1) is 21.4. The first-order chi connectivity index (χ1) is 15.4. The molecule has 1 saturated heterocycles. The lowest BCUT2D eigenvalue weighted by Gasteiger charge is -2.33. The third-order valence-electron chi connectivity index (χ3n) is 6.68. The molecular weight excluding hydrogens is 448 g/mol. The number of thioether (sulfide) groups is 1. The summed E-state index contributed by atoms with van der Waals surface area (Å²) in [5, 5.41) is 4.98. The van der Waals surface area contributed by atoms with Crippen LogP contribution in [0.5, 0.6) is 0 Å². The molecule has 1 saturated carbocycles. The molecule has 0 unspecified atom stereocenters. The van der Waals surface area contributed by atoms with Gasteiger partial charge in [0.1, 0.15) is 16.2 Å². The van der Waals surface area contributed by atoms with Gasteiger partial charge in [-0.2, -0.15) is 5.01 Å². The van der Waals surface area contributed by atoms with Gasteiger partial charge in [0.05, 0.1) is 11.1 Å². The second kappa shape index (κ2) is 8.18. The van der Waals surface area contributed by atoms with Gasteiger partial charge in [0.2, 0.25) is 5.91 Å². The number of hydrazine groups is 1. The first-order valence-electron chi connectivity index (χ1n) is 11.0. The molecule has 9 nitrogen and oxygen atoms in total. The number of amides is 4. The van der Waals surface area contributed by atoms with Crippen LogP contribution in [-0.4, -0.2) is 44.1 Å². The smallest absolute Gasteiger partial charge is 0.344 e. The third-order valence-corrected chi connectivity index (χ3v) is 8.71. The van der Waals surface area contributed by atoms with Gasteiger partial charge in [-0.3, -0.25) is 15.0 Å². The minimum absolute atomic E-state index is 0.0306. The highest BCUT2D eigenvalue weighted by atomic mass is 32.2. The zero-order valence-corrected chi connectivity index (χ0v) is 19.5. The van der Waals surface area contributed by atoms with E-state index in [9.17, 15) is 14.4 Å². The normalized spacial score (nSPS) is 25.3. The number of nitrogens with zero attached hydrogens (tertiary/aromatic N) is 3. The lowest BCUT2D eigenvalue weighted by Crippen LogP contribution is -2.51. The highest BCUT2D eigenvalue weighted by Crippen LogP contribution is 2.39. The van der Waals surface area contributed by atoms with E-state index in [1.165, 1.54) is 16.9 Å². The van der Waals surface area contributed by atoms with Gasteiger partial charge in [-0.25, -0.2) is 14.8 Å². The number of fused-ring (bicyclic) bond motifs is 3. The van der Waals surface area contributed by atoms with Crippen molar-refractivity contribution >= 4 is 57.0 Å². The van der Waals surface area contributed by atoms with Crippen LogP contribution in [0.1, 0.15) is 55.9 Å². The molecule has 32 heavy (non-hydrogen) atoms. The van der Waals surface area contributed by atoms with Gasteiger partial charge in [0.15, 0.2) is 5.16 Å². The number of thiophene rings is 1. The van der Waals surface area contributed by atoms with Crippen molar-refractivity contribution in [2.75, 3.05) is 11.5 Å². The SMILES string of the molecule is CC1CCC2(CC1)NC(=O)N(NC(=O)CSc1nc(N)c3c4c(sc3n1)CCCC4)C2=O. The van der Waals surface area contributed by atoms with E-state index in [-0.39, 0.29) is 11.7 Å². The molecule has 2 aromatic rings. The van der Waals surface area contributed by atoms with Crippen LogP contribution in [0.2, 0.25) is 0 Å². The van der Waals surface area contributed by atoms with Crippen molar-refractivity contribution in [2.45, 2.75) is 69.0 Å². The molecule has 0 radical (unpaired) electrons. The van der Waals surface area contributed by atoms with Crippen molar-refractivity contribution in [3.8, 4) is 0 Å². The van der Waals surface area contributed by atoms with Gasteiger partial charge in [-0.05, 0) is 62.8 Å². The average Bonchev–Trinajstić information content (AvgIpc) is 3.25. The number of nitrogens with one attached hydrogen (secondary N) is 2. The molecule has 1 spiro atoms. The number of carbonyl (C=O) groups is 3. The van der Waals surface area contributed by atoms with Gasteiger partial charge in [0, 0.05) is 4.88 Å². The number of nitrogen functional groups attached to an aromatic ring is 1. The Hall–Kier alpha value is -2.40. The predicted molar refractivity (Wildman–Crippen MR) is 123 cm³/mol. The lowest BCUT2D eigenvalue weighted by molar-refractivity contribution is -0.139.